The summed E-state index contributed by atoms with van der Waals surface area (Å²) in [5.41, 5.74) is 7.44. The van der Waals surface area contributed by atoms with Crippen LogP contribution in [0, 0.1) is 0 Å². The summed E-state index contributed by atoms with van der Waals surface area (Å²) in [6, 6.07) is 12.8. The Kier molecular flexibility index (Phi) is 4.61. The van der Waals surface area contributed by atoms with Crippen molar-refractivity contribution in [3.63, 3.8) is 0 Å². The van der Waals surface area contributed by atoms with Gasteiger partial charge in [0.15, 0.2) is 0 Å². The van der Waals surface area contributed by atoms with Gasteiger partial charge < -0.3 is 10.5 Å². The van der Waals surface area contributed by atoms with E-state index in [4.69, 9.17) is 10.5 Å². The summed E-state index contributed by atoms with van der Waals surface area (Å²) >= 11 is 3.35. The molecule has 0 aliphatic heterocycles. The number of ether oxygens (including phenoxy) is 1. The van der Waals surface area contributed by atoms with E-state index >= 15 is 0 Å². The number of hydrogen-bond donors (Lipinski definition) is 1. The van der Waals surface area contributed by atoms with Gasteiger partial charge in [0.1, 0.15) is 5.75 Å². The highest BCUT2D eigenvalue weighted by Crippen LogP contribution is 2.22. The van der Waals surface area contributed by atoms with Crippen molar-refractivity contribution in [2.75, 3.05) is 12.8 Å². The van der Waals surface area contributed by atoms with Crippen molar-refractivity contribution in [3.05, 3.63) is 52.5 Å². The average molecular weight is 340 g/mol. The minimum atomic E-state index is -1.11. The Morgan fingerprint density at radius 2 is 1.89 bits per heavy atom. The molecule has 0 aromatic heterocycles. The maximum atomic E-state index is 12.3. The molecule has 0 spiro atoms. The fourth-order valence-corrected chi connectivity index (χ4v) is 3.18. The second kappa shape index (κ2) is 6.21. The van der Waals surface area contributed by atoms with Crippen molar-refractivity contribution in [2.45, 2.75) is 10.6 Å². The van der Waals surface area contributed by atoms with Crippen molar-refractivity contribution < 1.29 is 8.95 Å². The van der Waals surface area contributed by atoms with E-state index in [0.717, 1.165) is 20.7 Å². The van der Waals surface area contributed by atoms with Crippen LogP contribution in [0.25, 0.3) is 0 Å². The van der Waals surface area contributed by atoms with E-state index in [1.54, 1.807) is 19.2 Å². The van der Waals surface area contributed by atoms with E-state index < -0.39 is 10.8 Å². The van der Waals surface area contributed by atoms with Crippen molar-refractivity contribution in [2.24, 2.45) is 0 Å². The molecule has 1 atom stereocenters. The summed E-state index contributed by atoms with van der Waals surface area (Å²) in [4.78, 5) is 0.767. The van der Waals surface area contributed by atoms with Gasteiger partial charge in [0.25, 0.3) is 0 Å². The first-order valence-corrected chi connectivity index (χ1v) is 7.77. The SMILES string of the molecule is COc1ccc(S(=O)Cc2ccc(Br)cc2N)cc1. The molecule has 2 aromatic rings. The highest BCUT2D eigenvalue weighted by Gasteiger charge is 2.08. The lowest BCUT2D eigenvalue weighted by atomic mass is 10.2. The molecule has 0 heterocycles. The van der Waals surface area contributed by atoms with Crippen molar-refractivity contribution in [3.8, 4) is 5.75 Å². The Morgan fingerprint density at radius 1 is 1.21 bits per heavy atom. The number of nitrogen functional groups attached to an aromatic ring is 1. The van der Waals surface area contributed by atoms with E-state index in [1.165, 1.54) is 0 Å². The standard InChI is InChI=1S/C14H14BrNO2S/c1-18-12-4-6-13(7-5-12)19(17)9-10-2-3-11(15)8-14(10)16/h2-8H,9,16H2,1H3. The molecule has 100 valence electrons. The molecule has 5 heteroatoms. The highest BCUT2D eigenvalue weighted by molar-refractivity contribution is 9.10. The van der Waals surface area contributed by atoms with Crippen molar-refractivity contribution >= 4 is 32.4 Å². The van der Waals surface area contributed by atoms with Crippen molar-refractivity contribution in [1.29, 1.82) is 0 Å². The Hall–Kier alpha value is -1.33. The van der Waals surface area contributed by atoms with Gasteiger partial charge in [-0.25, -0.2) is 0 Å². The van der Waals surface area contributed by atoms with Crippen LogP contribution in [-0.2, 0) is 16.6 Å². The van der Waals surface area contributed by atoms with Gasteiger partial charge >= 0.3 is 0 Å². The summed E-state index contributed by atoms with van der Waals surface area (Å²) in [5, 5.41) is 0. The summed E-state index contributed by atoms with van der Waals surface area (Å²) in [5.74, 6) is 1.16. The maximum absolute atomic E-state index is 12.3. The van der Waals surface area contributed by atoms with Gasteiger partial charge in [-0.3, -0.25) is 4.21 Å². The van der Waals surface area contributed by atoms with Gasteiger partial charge in [-0.15, -0.1) is 0 Å². The summed E-state index contributed by atoms with van der Waals surface area (Å²) < 4.78 is 18.2. The lowest BCUT2D eigenvalue weighted by Gasteiger charge is -2.07. The Bertz CT molecular complexity index is 599. The zero-order valence-electron chi connectivity index (χ0n) is 10.4. The fraction of sp³-hybridized carbons (Fsp3) is 0.143. The van der Waals surface area contributed by atoms with Crippen LogP contribution in [0.1, 0.15) is 5.56 Å². The number of anilines is 1. The third kappa shape index (κ3) is 3.58. The first kappa shape index (κ1) is 14.1. The number of benzene rings is 2. The van der Waals surface area contributed by atoms with Crippen LogP contribution in [0.15, 0.2) is 51.8 Å². The molecule has 0 aliphatic rings. The molecule has 3 nitrogen and oxygen atoms in total. The van der Waals surface area contributed by atoms with Gasteiger partial charge in [0, 0.05) is 15.1 Å². The number of methoxy groups -OCH3 is 1. The summed E-state index contributed by atoms with van der Waals surface area (Å²) in [6.45, 7) is 0. The molecule has 0 saturated carbocycles. The van der Waals surface area contributed by atoms with Gasteiger partial charge in [-0.1, -0.05) is 22.0 Å². The zero-order chi connectivity index (χ0) is 13.8. The molecule has 2 aromatic carbocycles. The Morgan fingerprint density at radius 3 is 2.47 bits per heavy atom. The molecular formula is C14H14BrNO2S. The second-order valence-corrected chi connectivity index (χ2v) is 6.38. The van der Waals surface area contributed by atoms with E-state index in [1.807, 2.05) is 30.3 Å². The van der Waals surface area contributed by atoms with Crippen LogP contribution in [0.3, 0.4) is 0 Å². The van der Waals surface area contributed by atoms with Crippen LogP contribution in [0.2, 0.25) is 0 Å². The fourth-order valence-electron chi connectivity index (χ4n) is 1.65. The molecule has 0 radical (unpaired) electrons. The van der Waals surface area contributed by atoms with Crippen LogP contribution < -0.4 is 10.5 Å². The largest absolute Gasteiger partial charge is 0.497 e. The maximum Gasteiger partial charge on any atom is 0.118 e. The zero-order valence-corrected chi connectivity index (χ0v) is 12.8. The molecule has 0 fully saturated rings. The average Bonchev–Trinajstić information content (AvgIpc) is 2.42. The normalized spacial score (nSPS) is 12.1. The summed E-state index contributed by atoms with van der Waals surface area (Å²) in [6.07, 6.45) is 0. The van der Waals surface area contributed by atoms with Gasteiger partial charge in [0.2, 0.25) is 0 Å². The molecular weight excluding hydrogens is 326 g/mol. The quantitative estimate of drug-likeness (QED) is 0.869. The number of hydrogen-bond acceptors (Lipinski definition) is 3. The first-order valence-electron chi connectivity index (χ1n) is 5.66. The van der Waals surface area contributed by atoms with Crippen LogP contribution in [0.5, 0.6) is 5.75 Å². The smallest absolute Gasteiger partial charge is 0.118 e. The lowest BCUT2D eigenvalue weighted by molar-refractivity contribution is 0.414. The Balaban J connectivity index is 2.15. The Labute approximate surface area is 123 Å². The second-order valence-electron chi connectivity index (χ2n) is 4.01. The monoisotopic (exact) mass is 339 g/mol. The highest BCUT2D eigenvalue weighted by atomic mass is 79.9. The van der Waals surface area contributed by atoms with E-state index in [0.29, 0.717) is 11.4 Å². The van der Waals surface area contributed by atoms with Crippen LogP contribution in [0.4, 0.5) is 5.69 Å². The predicted octanol–water partition coefficient (Wildman–Crippen LogP) is 3.35. The number of nitrogens with two attached hydrogens (primary N) is 1. The van der Waals surface area contributed by atoms with E-state index in [9.17, 15) is 4.21 Å². The minimum Gasteiger partial charge on any atom is -0.497 e. The van der Waals surface area contributed by atoms with E-state index in [-0.39, 0.29) is 0 Å². The molecule has 2 N–H and O–H groups in total. The van der Waals surface area contributed by atoms with Gasteiger partial charge in [-0.2, -0.15) is 0 Å². The van der Waals surface area contributed by atoms with Gasteiger partial charge in [-0.05, 0) is 42.0 Å². The first-order chi connectivity index (χ1) is 9.10. The molecule has 0 amide bonds. The third-order valence-electron chi connectivity index (χ3n) is 2.72. The molecule has 0 bridgehead atoms. The van der Waals surface area contributed by atoms with Gasteiger partial charge in [0.05, 0.1) is 23.7 Å². The molecule has 0 aliphatic carbocycles. The van der Waals surface area contributed by atoms with Crippen LogP contribution >= 0.6 is 15.9 Å². The van der Waals surface area contributed by atoms with E-state index in [2.05, 4.69) is 15.9 Å². The third-order valence-corrected chi connectivity index (χ3v) is 4.58. The summed E-state index contributed by atoms with van der Waals surface area (Å²) in [7, 11) is 0.493. The predicted molar refractivity (Wildman–Crippen MR) is 81.7 cm³/mol. The lowest BCUT2D eigenvalue weighted by Crippen LogP contribution is -2.00. The topological polar surface area (TPSA) is 52.3 Å². The minimum absolute atomic E-state index is 0.408. The number of halogens is 1. The molecule has 0 saturated heterocycles. The number of rotatable bonds is 4. The molecule has 1 unspecified atom stereocenters. The van der Waals surface area contributed by atoms with Crippen molar-refractivity contribution in [1.82, 2.24) is 0 Å². The van der Waals surface area contributed by atoms with Crippen LogP contribution in [-0.4, -0.2) is 11.3 Å². The molecule has 19 heavy (non-hydrogen) atoms. The molecule has 2 rings (SSSR count).